The lowest BCUT2D eigenvalue weighted by molar-refractivity contribution is 0.0634. The fourth-order valence-electron chi connectivity index (χ4n) is 1.32. The Morgan fingerprint density at radius 1 is 1.37 bits per heavy atom. The normalized spacial score (nSPS) is 10.4. The van der Waals surface area contributed by atoms with E-state index in [0.29, 0.717) is 5.69 Å². The van der Waals surface area contributed by atoms with Crippen LogP contribution >= 0.6 is 0 Å². The molecule has 1 aromatic rings. The zero-order valence-corrected chi connectivity index (χ0v) is 10.9. The summed E-state index contributed by atoms with van der Waals surface area (Å²) in [5.74, 6) is -1.19. The first-order chi connectivity index (χ1) is 8.73. The fourth-order valence-corrected chi connectivity index (χ4v) is 1.32. The maximum absolute atomic E-state index is 11.5. The van der Waals surface area contributed by atoms with E-state index in [1.807, 2.05) is 0 Å². The molecule has 1 aromatic carbocycles. The zero-order valence-electron chi connectivity index (χ0n) is 10.9. The van der Waals surface area contributed by atoms with Gasteiger partial charge in [-0.05, 0) is 39.0 Å². The number of nitriles is 1. The lowest BCUT2D eigenvalue weighted by Gasteiger charge is -2.19. The van der Waals surface area contributed by atoms with Crippen LogP contribution in [-0.4, -0.2) is 22.8 Å². The van der Waals surface area contributed by atoms with Crippen molar-refractivity contribution >= 4 is 17.7 Å². The topological polar surface area (TPSA) is 99.4 Å². The Morgan fingerprint density at radius 2 is 2.00 bits per heavy atom. The van der Waals surface area contributed by atoms with Crippen LogP contribution in [0.3, 0.4) is 0 Å². The van der Waals surface area contributed by atoms with E-state index in [1.165, 1.54) is 18.2 Å². The second-order valence-corrected chi connectivity index (χ2v) is 4.80. The van der Waals surface area contributed by atoms with Gasteiger partial charge in [0.2, 0.25) is 0 Å². The van der Waals surface area contributed by atoms with Crippen molar-refractivity contribution in [3.05, 3.63) is 29.3 Å². The van der Waals surface area contributed by atoms with E-state index in [4.69, 9.17) is 15.1 Å². The highest BCUT2D eigenvalue weighted by Crippen LogP contribution is 2.17. The summed E-state index contributed by atoms with van der Waals surface area (Å²) < 4.78 is 5.04. The van der Waals surface area contributed by atoms with Gasteiger partial charge < -0.3 is 9.84 Å². The highest BCUT2D eigenvalue weighted by molar-refractivity contribution is 5.92. The third-order valence-corrected chi connectivity index (χ3v) is 2.02. The number of amides is 1. The summed E-state index contributed by atoms with van der Waals surface area (Å²) in [5.41, 5.74) is -0.475. The molecule has 0 spiro atoms. The molecule has 0 heterocycles. The van der Waals surface area contributed by atoms with Crippen LogP contribution in [0.25, 0.3) is 0 Å². The highest BCUT2D eigenvalue weighted by Gasteiger charge is 2.17. The van der Waals surface area contributed by atoms with Gasteiger partial charge >= 0.3 is 12.1 Å². The molecular formula is C13H14N2O4. The molecule has 2 N–H and O–H groups in total. The van der Waals surface area contributed by atoms with E-state index in [2.05, 4.69) is 5.32 Å². The summed E-state index contributed by atoms with van der Waals surface area (Å²) >= 11 is 0. The van der Waals surface area contributed by atoms with Crippen LogP contribution in [-0.2, 0) is 4.74 Å². The number of carboxylic acids is 1. The zero-order chi connectivity index (χ0) is 14.6. The summed E-state index contributed by atoms with van der Waals surface area (Å²) in [6.07, 6.45) is -0.667. The van der Waals surface area contributed by atoms with Crippen LogP contribution in [0.4, 0.5) is 10.5 Å². The molecule has 0 atom stereocenters. The molecule has 0 radical (unpaired) electrons. The molecule has 0 aliphatic rings. The first-order valence-corrected chi connectivity index (χ1v) is 5.50. The average Bonchev–Trinajstić information content (AvgIpc) is 2.25. The number of nitrogens with one attached hydrogen (secondary N) is 1. The van der Waals surface area contributed by atoms with Gasteiger partial charge in [-0.15, -0.1) is 0 Å². The number of rotatable bonds is 2. The number of ether oxygens (including phenoxy) is 1. The Bertz CT molecular complexity index is 553. The van der Waals surface area contributed by atoms with E-state index < -0.39 is 17.7 Å². The molecule has 0 aliphatic carbocycles. The summed E-state index contributed by atoms with van der Waals surface area (Å²) in [7, 11) is 0. The molecular weight excluding hydrogens is 248 g/mol. The van der Waals surface area contributed by atoms with Crippen LogP contribution < -0.4 is 5.32 Å². The number of carbonyl (C=O) groups excluding carboxylic acids is 1. The molecule has 0 fully saturated rings. The Balaban J connectivity index is 2.90. The quantitative estimate of drug-likeness (QED) is 0.853. The van der Waals surface area contributed by atoms with E-state index in [-0.39, 0.29) is 11.1 Å². The van der Waals surface area contributed by atoms with Crippen LogP contribution in [0.5, 0.6) is 0 Å². The molecule has 100 valence electrons. The number of carbonyl (C=O) groups is 2. The van der Waals surface area contributed by atoms with Crippen molar-refractivity contribution in [2.75, 3.05) is 5.32 Å². The molecule has 0 unspecified atom stereocenters. The number of aromatic carboxylic acids is 1. The Hall–Kier alpha value is -2.55. The summed E-state index contributed by atoms with van der Waals surface area (Å²) in [6.45, 7) is 5.17. The number of hydrogen-bond acceptors (Lipinski definition) is 4. The van der Waals surface area contributed by atoms with Crippen molar-refractivity contribution in [1.82, 2.24) is 0 Å². The van der Waals surface area contributed by atoms with Crippen LogP contribution in [0.15, 0.2) is 18.2 Å². The van der Waals surface area contributed by atoms with E-state index >= 15 is 0 Å². The minimum atomic E-state index is -1.19. The van der Waals surface area contributed by atoms with Crippen molar-refractivity contribution < 1.29 is 19.4 Å². The summed E-state index contributed by atoms with van der Waals surface area (Å²) in [6, 6.07) is 5.71. The fraction of sp³-hybridized carbons (Fsp3) is 0.308. The van der Waals surface area contributed by atoms with Crippen molar-refractivity contribution in [2.45, 2.75) is 26.4 Å². The van der Waals surface area contributed by atoms with Gasteiger partial charge in [-0.1, -0.05) is 0 Å². The molecule has 0 saturated heterocycles. The molecule has 0 bridgehead atoms. The number of carboxylic acid groups (broad SMARTS) is 1. The van der Waals surface area contributed by atoms with Gasteiger partial charge in [0.05, 0.1) is 11.1 Å². The lowest BCUT2D eigenvalue weighted by atomic mass is 10.1. The number of nitrogens with zero attached hydrogens (tertiary/aromatic N) is 1. The van der Waals surface area contributed by atoms with Crippen LogP contribution in [0.2, 0.25) is 0 Å². The van der Waals surface area contributed by atoms with Crippen LogP contribution in [0.1, 0.15) is 36.7 Å². The number of anilines is 1. The van der Waals surface area contributed by atoms with Crippen molar-refractivity contribution in [1.29, 1.82) is 5.26 Å². The number of hydrogen-bond donors (Lipinski definition) is 2. The molecule has 6 heteroatoms. The van der Waals surface area contributed by atoms with Crippen molar-refractivity contribution in [2.24, 2.45) is 0 Å². The monoisotopic (exact) mass is 262 g/mol. The maximum atomic E-state index is 11.5. The van der Waals surface area contributed by atoms with Gasteiger partial charge in [-0.25, -0.2) is 9.59 Å². The lowest BCUT2D eigenvalue weighted by Crippen LogP contribution is -2.27. The molecule has 0 aromatic heterocycles. The van der Waals surface area contributed by atoms with Crippen molar-refractivity contribution in [3.8, 4) is 6.07 Å². The first kappa shape index (κ1) is 14.5. The van der Waals surface area contributed by atoms with Gasteiger partial charge in [0.25, 0.3) is 0 Å². The second-order valence-electron chi connectivity index (χ2n) is 4.80. The SMILES string of the molecule is CC(C)(C)OC(=O)Nc1ccc(C(=O)O)c(C#N)c1. The first-order valence-electron chi connectivity index (χ1n) is 5.50. The second kappa shape index (κ2) is 5.40. The molecule has 1 rings (SSSR count). The average molecular weight is 262 g/mol. The summed E-state index contributed by atoms with van der Waals surface area (Å²) in [5, 5.41) is 20.1. The van der Waals surface area contributed by atoms with Gasteiger partial charge in [0, 0.05) is 5.69 Å². The molecule has 0 aliphatic heterocycles. The van der Waals surface area contributed by atoms with E-state index in [9.17, 15) is 9.59 Å². The van der Waals surface area contributed by atoms with Gasteiger partial charge in [-0.3, -0.25) is 5.32 Å². The maximum Gasteiger partial charge on any atom is 0.412 e. The predicted molar refractivity (Wildman–Crippen MR) is 68.0 cm³/mol. The minimum Gasteiger partial charge on any atom is -0.478 e. The third-order valence-electron chi connectivity index (χ3n) is 2.02. The van der Waals surface area contributed by atoms with Gasteiger partial charge in [0.15, 0.2) is 0 Å². The van der Waals surface area contributed by atoms with Gasteiger partial charge in [-0.2, -0.15) is 5.26 Å². The minimum absolute atomic E-state index is 0.0268. The smallest absolute Gasteiger partial charge is 0.412 e. The third kappa shape index (κ3) is 4.32. The number of benzene rings is 1. The largest absolute Gasteiger partial charge is 0.478 e. The van der Waals surface area contributed by atoms with Gasteiger partial charge in [0.1, 0.15) is 11.7 Å². The van der Waals surface area contributed by atoms with Crippen LogP contribution in [0, 0.1) is 11.3 Å². The standard InChI is InChI=1S/C13H14N2O4/c1-13(2,3)19-12(18)15-9-4-5-10(11(16)17)8(6-9)7-14/h4-6H,1-3H3,(H,15,18)(H,16,17). The predicted octanol–water partition coefficient (Wildman–Crippen LogP) is 2.60. The Kier molecular flexibility index (Phi) is 4.12. The molecule has 1 amide bonds. The van der Waals surface area contributed by atoms with E-state index in [0.717, 1.165) is 0 Å². The molecule has 19 heavy (non-hydrogen) atoms. The molecule has 0 saturated carbocycles. The summed E-state index contributed by atoms with van der Waals surface area (Å²) in [4.78, 5) is 22.4. The molecule has 6 nitrogen and oxygen atoms in total. The Morgan fingerprint density at radius 3 is 2.47 bits per heavy atom. The van der Waals surface area contributed by atoms with Crippen molar-refractivity contribution in [3.63, 3.8) is 0 Å². The van der Waals surface area contributed by atoms with E-state index in [1.54, 1.807) is 26.8 Å². The highest BCUT2D eigenvalue weighted by atomic mass is 16.6. The Labute approximate surface area is 110 Å².